The van der Waals surface area contributed by atoms with Crippen LogP contribution in [0.1, 0.15) is 16.7 Å². The van der Waals surface area contributed by atoms with Crippen molar-refractivity contribution in [3.8, 4) is 0 Å². The number of amides is 3. The molecule has 7 heteroatoms. The minimum atomic E-state index is -1.15. The summed E-state index contributed by atoms with van der Waals surface area (Å²) in [5, 5.41) is 7.93. The fourth-order valence-electron chi connectivity index (χ4n) is 3.17. The van der Waals surface area contributed by atoms with Gasteiger partial charge in [-0.3, -0.25) is 4.79 Å². The van der Waals surface area contributed by atoms with Crippen LogP contribution in [0.4, 0.5) is 14.9 Å². The van der Waals surface area contributed by atoms with Gasteiger partial charge in [-0.2, -0.15) is 0 Å². The average molecular weight is 402 g/mol. The lowest BCUT2D eigenvalue weighted by molar-refractivity contribution is -0.117. The summed E-state index contributed by atoms with van der Waals surface area (Å²) >= 11 is 0. The van der Waals surface area contributed by atoms with E-state index in [0.29, 0.717) is 17.0 Å². The molecule has 0 bridgehead atoms. The van der Waals surface area contributed by atoms with Crippen molar-refractivity contribution < 1.29 is 14.0 Å². The highest BCUT2D eigenvalue weighted by Crippen LogP contribution is 2.23. The van der Waals surface area contributed by atoms with Crippen molar-refractivity contribution in [3.05, 3.63) is 101 Å². The van der Waals surface area contributed by atoms with Gasteiger partial charge in [0.15, 0.2) is 0 Å². The van der Waals surface area contributed by atoms with E-state index in [1.165, 1.54) is 6.07 Å². The van der Waals surface area contributed by atoms with Crippen LogP contribution in [0, 0.1) is 5.82 Å². The number of benzodiazepines with no additional fused rings is 1. The number of halogens is 1. The first-order chi connectivity index (χ1) is 14.6. The molecule has 0 radical (unpaired) electrons. The van der Waals surface area contributed by atoms with E-state index in [1.807, 2.05) is 48.5 Å². The van der Waals surface area contributed by atoms with Crippen molar-refractivity contribution in [1.82, 2.24) is 10.6 Å². The van der Waals surface area contributed by atoms with Crippen molar-refractivity contribution in [1.29, 1.82) is 0 Å². The number of urea groups is 1. The number of anilines is 1. The van der Waals surface area contributed by atoms with E-state index in [2.05, 4.69) is 20.9 Å². The third kappa shape index (κ3) is 4.20. The number of rotatable bonds is 4. The number of hydrogen-bond acceptors (Lipinski definition) is 3. The normalized spacial score (nSPS) is 15.3. The van der Waals surface area contributed by atoms with Gasteiger partial charge in [0.05, 0.1) is 11.4 Å². The lowest BCUT2D eigenvalue weighted by atomic mass is 10.0. The number of hydrogen-bond donors (Lipinski definition) is 3. The van der Waals surface area contributed by atoms with Gasteiger partial charge < -0.3 is 16.0 Å². The molecule has 1 aliphatic heterocycles. The van der Waals surface area contributed by atoms with Crippen LogP contribution in [0.15, 0.2) is 83.9 Å². The number of carbonyl (C=O) groups excluding carboxylic acids is 2. The van der Waals surface area contributed by atoms with Crippen LogP contribution in [-0.4, -0.2) is 23.8 Å². The molecule has 1 aliphatic rings. The first-order valence-corrected chi connectivity index (χ1v) is 9.43. The van der Waals surface area contributed by atoms with Crippen LogP contribution in [0.5, 0.6) is 0 Å². The fourth-order valence-corrected chi connectivity index (χ4v) is 3.17. The molecule has 3 aromatic carbocycles. The second-order valence-electron chi connectivity index (χ2n) is 6.70. The van der Waals surface area contributed by atoms with Crippen molar-refractivity contribution >= 4 is 23.3 Å². The summed E-state index contributed by atoms with van der Waals surface area (Å²) in [5.41, 5.74) is 3.12. The number of fused-ring (bicyclic) bond motifs is 1. The van der Waals surface area contributed by atoms with Crippen LogP contribution in [0.25, 0.3) is 0 Å². The van der Waals surface area contributed by atoms with Gasteiger partial charge in [-0.15, -0.1) is 0 Å². The van der Waals surface area contributed by atoms with Crippen LogP contribution in [0.2, 0.25) is 0 Å². The van der Waals surface area contributed by atoms with E-state index < -0.39 is 23.9 Å². The molecule has 0 aliphatic carbocycles. The van der Waals surface area contributed by atoms with Gasteiger partial charge in [0.25, 0.3) is 5.91 Å². The topological polar surface area (TPSA) is 82.6 Å². The van der Waals surface area contributed by atoms with Gasteiger partial charge in [0, 0.05) is 23.2 Å². The smallest absolute Gasteiger partial charge is 0.317 e. The standard InChI is InChI=1S/C23H19FN4O2/c24-18-12-6-4-10-16(18)14-25-23(30)28-21-22(29)26-19-13-7-5-11-17(19)20(27-21)15-8-2-1-3-9-15/h1-13,21H,14H2,(H,26,29)(H2,25,28,30). The summed E-state index contributed by atoms with van der Waals surface area (Å²) in [5.74, 6) is -0.876. The molecule has 0 saturated heterocycles. The van der Waals surface area contributed by atoms with Crippen molar-refractivity contribution in [2.75, 3.05) is 5.32 Å². The molecular formula is C23H19FN4O2. The molecular weight excluding hydrogens is 383 g/mol. The number of nitrogens with zero attached hydrogens (tertiary/aromatic N) is 1. The Balaban J connectivity index is 1.57. The maximum absolute atomic E-state index is 13.7. The lowest BCUT2D eigenvalue weighted by Gasteiger charge is -2.14. The van der Waals surface area contributed by atoms with Crippen LogP contribution in [-0.2, 0) is 11.3 Å². The zero-order valence-electron chi connectivity index (χ0n) is 15.9. The molecule has 6 nitrogen and oxygen atoms in total. The molecule has 3 N–H and O–H groups in total. The highest BCUT2D eigenvalue weighted by atomic mass is 19.1. The number of para-hydroxylation sites is 1. The summed E-state index contributed by atoms with van der Waals surface area (Å²) < 4.78 is 13.7. The molecule has 0 saturated carbocycles. The Kier molecular flexibility index (Phi) is 5.52. The summed E-state index contributed by atoms with van der Waals surface area (Å²) in [7, 11) is 0. The Hall–Kier alpha value is -4.00. The monoisotopic (exact) mass is 402 g/mol. The van der Waals surface area contributed by atoms with E-state index in [1.54, 1.807) is 24.3 Å². The number of aliphatic imine (C=N–C) groups is 1. The van der Waals surface area contributed by atoms with Crippen LogP contribution >= 0.6 is 0 Å². The molecule has 1 unspecified atom stereocenters. The maximum atomic E-state index is 13.7. The second kappa shape index (κ2) is 8.57. The predicted octanol–water partition coefficient (Wildman–Crippen LogP) is 3.44. The van der Waals surface area contributed by atoms with Gasteiger partial charge in [-0.25, -0.2) is 14.2 Å². The molecule has 1 atom stereocenters. The molecule has 0 aromatic heterocycles. The predicted molar refractivity (Wildman–Crippen MR) is 113 cm³/mol. The third-order valence-corrected chi connectivity index (χ3v) is 4.66. The minimum absolute atomic E-state index is 0.0116. The summed E-state index contributed by atoms with van der Waals surface area (Å²) in [4.78, 5) is 29.6. The Bertz CT molecular complexity index is 1110. The summed E-state index contributed by atoms with van der Waals surface area (Å²) in [6, 6.07) is 22.3. The second-order valence-corrected chi connectivity index (χ2v) is 6.70. The summed E-state index contributed by atoms with van der Waals surface area (Å²) in [6.45, 7) is -0.0116. The molecule has 150 valence electrons. The molecule has 3 aromatic rings. The van der Waals surface area contributed by atoms with Gasteiger partial charge in [-0.05, 0) is 12.1 Å². The number of benzene rings is 3. The highest BCUT2D eigenvalue weighted by molar-refractivity contribution is 6.19. The van der Waals surface area contributed by atoms with Crippen LogP contribution < -0.4 is 16.0 Å². The van der Waals surface area contributed by atoms with E-state index in [-0.39, 0.29) is 6.54 Å². The SMILES string of the molecule is O=C(NCc1ccccc1F)NC1N=C(c2ccccc2)c2ccccc2NC1=O. The number of nitrogens with one attached hydrogen (secondary N) is 3. The zero-order valence-corrected chi connectivity index (χ0v) is 15.9. The maximum Gasteiger partial charge on any atom is 0.317 e. The average Bonchev–Trinajstić information content (AvgIpc) is 2.90. The Morgan fingerprint density at radius 1 is 0.967 bits per heavy atom. The Morgan fingerprint density at radius 3 is 2.47 bits per heavy atom. The number of carbonyl (C=O) groups is 2. The first kappa shape index (κ1) is 19.3. The lowest BCUT2D eigenvalue weighted by Crippen LogP contribution is -2.46. The first-order valence-electron chi connectivity index (χ1n) is 9.43. The molecule has 4 rings (SSSR count). The molecule has 0 fully saturated rings. The van der Waals surface area contributed by atoms with Gasteiger partial charge >= 0.3 is 6.03 Å². The fraction of sp³-hybridized carbons (Fsp3) is 0.0870. The van der Waals surface area contributed by atoms with Crippen LogP contribution in [0.3, 0.4) is 0 Å². The van der Waals surface area contributed by atoms with E-state index in [9.17, 15) is 14.0 Å². The van der Waals surface area contributed by atoms with Gasteiger partial charge in [0.1, 0.15) is 5.82 Å². The molecule has 30 heavy (non-hydrogen) atoms. The molecule has 1 heterocycles. The third-order valence-electron chi connectivity index (χ3n) is 4.66. The largest absolute Gasteiger partial charge is 0.334 e. The summed E-state index contributed by atoms with van der Waals surface area (Å²) in [6.07, 6.45) is -1.15. The quantitative estimate of drug-likeness (QED) is 0.625. The van der Waals surface area contributed by atoms with E-state index in [4.69, 9.17) is 0 Å². The van der Waals surface area contributed by atoms with Crippen molar-refractivity contribution in [2.45, 2.75) is 12.7 Å². The van der Waals surface area contributed by atoms with E-state index >= 15 is 0 Å². The minimum Gasteiger partial charge on any atom is -0.334 e. The van der Waals surface area contributed by atoms with Crippen molar-refractivity contribution in [3.63, 3.8) is 0 Å². The molecule has 0 spiro atoms. The molecule has 3 amide bonds. The van der Waals surface area contributed by atoms with Gasteiger partial charge in [-0.1, -0.05) is 66.7 Å². The van der Waals surface area contributed by atoms with Crippen molar-refractivity contribution in [2.24, 2.45) is 4.99 Å². The Labute approximate surface area is 172 Å². The van der Waals surface area contributed by atoms with E-state index in [0.717, 1.165) is 11.1 Å². The highest BCUT2D eigenvalue weighted by Gasteiger charge is 2.26. The Morgan fingerprint density at radius 2 is 1.67 bits per heavy atom. The zero-order chi connectivity index (χ0) is 20.9. The van der Waals surface area contributed by atoms with Gasteiger partial charge in [0.2, 0.25) is 6.17 Å².